The van der Waals surface area contributed by atoms with E-state index < -0.39 is 0 Å². The lowest BCUT2D eigenvalue weighted by atomic mass is 9.92. The first-order valence-corrected chi connectivity index (χ1v) is 13.7. The fourth-order valence-corrected chi connectivity index (χ4v) is 5.46. The molecular formula is C33H37N2O+. The molecule has 36 heavy (non-hydrogen) atoms. The van der Waals surface area contributed by atoms with Gasteiger partial charge in [0.15, 0.2) is 12.4 Å². The lowest BCUT2D eigenvalue weighted by Crippen LogP contribution is -2.32. The highest BCUT2D eigenvalue weighted by Crippen LogP contribution is 2.35. The molecule has 0 spiro atoms. The fourth-order valence-electron chi connectivity index (χ4n) is 5.46. The van der Waals surface area contributed by atoms with E-state index in [4.69, 9.17) is 0 Å². The van der Waals surface area contributed by atoms with Crippen molar-refractivity contribution in [3.8, 4) is 0 Å². The first kappa shape index (κ1) is 24.2. The van der Waals surface area contributed by atoms with E-state index in [1.807, 2.05) is 0 Å². The smallest absolute Gasteiger partial charge is 0.220 e. The Morgan fingerprint density at radius 1 is 0.611 bits per heavy atom. The summed E-state index contributed by atoms with van der Waals surface area (Å²) in [5.74, 6) is 0.166. The number of carbonyl (C=O) groups excluding carboxylic acids is 1. The third-order valence-electron chi connectivity index (χ3n) is 7.44. The van der Waals surface area contributed by atoms with Crippen LogP contribution >= 0.6 is 0 Å². The van der Waals surface area contributed by atoms with Gasteiger partial charge < -0.3 is 5.32 Å². The average molecular weight is 478 g/mol. The van der Waals surface area contributed by atoms with Crippen LogP contribution < -0.4 is 9.88 Å². The van der Waals surface area contributed by atoms with Gasteiger partial charge in [0.05, 0.1) is 0 Å². The van der Waals surface area contributed by atoms with Gasteiger partial charge in [-0.2, -0.15) is 0 Å². The number of aromatic nitrogens is 1. The van der Waals surface area contributed by atoms with E-state index in [0.717, 1.165) is 19.4 Å². The summed E-state index contributed by atoms with van der Waals surface area (Å²) in [6, 6.07) is 25.9. The molecule has 0 unspecified atom stereocenters. The first-order valence-electron chi connectivity index (χ1n) is 13.7. The number of amides is 1. The second-order valence-electron chi connectivity index (χ2n) is 10.0. The summed E-state index contributed by atoms with van der Waals surface area (Å²) >= 11 is 0. The third kappa shape index (κ3) is 5.84. The molecule has 184 valence electrons. The number of hydrogen-bond donors (Lipinski definition) is 1. The Morgan fingerprint density at radius 2 is 1.22 bits per heavy atom. The molecular weight excluding hydrogens is 440 g/mol. The number of aryl methyl sites for hydroxylation is 1. The number of carbonyl (C=O) groups is 1. The van der Waals surface area contributed by atoms with Crippen LogP contribution in [0.2, 0.25) is 0 Å². The van der Waals surface area contributed by atoms with E-state index in [9.17, 15) is 4.79 Å². The molecule has 5 rings (SSSR count). The molecule has 1 N–H and O–H groups in total. The number of pyridine rings is 1. The normalized spacial score (nSPS) is 11.6. The van der Waals surface area contributed by atoms with Gasteiger partial charge in [-0.15, -0.1) is 0 Å². The first-order chi connectivity index (χ1) is 17.8. The zero-order valence-electron chi connectivity index (χ0n) is 21.2. The van der Waals surface area contributed by atoms with Crippen molar-refractivity contribution < 1.29 is 9.36 Å². The van der Waals surface area contributed by atoms with Gasteiger partial charge >= 0.3 is 0 Å². The second kappa shape index (κ2) is 12.0. The molecule has 4 aromatic carbocycles. The largest absolute Gasteiger partial charge is 0.352 e. The van der Waals surface area contributed by atoms with E-state index in [2.05, 4.69) is 95.1 Å². The molecule has 1 heterocycles. The van der Waals surface area contributed by atoms with Gasteiger partial charge in [-0.05, 0) is 50.7 Å². The third-order valence-corrected chi connectivity index (χ3v) is 7.44. The predicted octanol–water partition coefficient (Wildman–Crippen LogP) is 7.70. The molecule has 5 aromatic rings. The number of rotatable bonds is 13. The van der Waals surface area contributed by atoms with Crippen molar-refractivity contribution in [1.82, 2.24) is 5.32 Å². The van der Waals surface area contributed by atoms with Gasteiger partial charge in [-0.3, -0.25) is 4.79 Å². The van der Waals surface area contributed by atoms with Crippen LogP contribution in [-0.4, -0.2) is 5.91 Å². The second-order valence-corrected chi connectivity index (χ2v) is 10.0. The molecule has 3 nitrogen and oxygen atoms in total. The van der Waals surface area contributed by atoms with Crippen LogP contribution in [0.5, 0.6) is 0 Å². The highest BCUT2D eigenvalue weighted by molar-refractivity contribution is 6.23. The Kier molecular flexibility index (Phi) is 8.07. The number of nitrogens with one attached hydrogen (secondary N) is 1. The molecule has 0 aliphatic carbocycles. The molecule has 0 aliphatic heterocycles. The minimum absolute atomic E-state index is 0.166. The van der Waals surface area contributed by atoms with Crippen molar-refractivity contribution in [2.24, 2.45) is 0 Å². The maximum absolute atomic E-state index is 12.5. The summed E-state index contributed by atoms with van der Waals surface area (Å²) in [7, 11) is 0. The van der Waals surface area contributed by atoms with Crippen LogP contribution in [0.3, 0.4) is 0 Å². The molecule has 0 aliphatic rings. The topological polar surface area (TPSA) is 33.0 Å². The number of benzene rings is 4. The zero-order chi connectivity index (χ0) is 24.6. The fraction of sp³-hybridized carbons (Fsp3) is 0.333. The number of nitrogens with zero attached hydrogens (tertiary/aromatic N) is 1. The standard InChI is InChI=1S/C33H36N2O/c36-31(15-8-5-3-1-2-4-6-9-22-35-23-10-7-11-24-35)34-25-29-19-18-28-17-16-26-13-12-14-27-20-21-30(29)33(28)32(26)27/h7,10-14,16-21,23-24H,1-6,8-9,15,22,25H2/p+1. The number of hydrogen-bond acceptors (Lipinski definition) is 1. The van der Waals surface area contributed by atoms with E-state index in [1.54, 1.807) is 0 Å². The Balaban J connectivity index is 1.01. The van der Waals surface area contributed by atoms with Gasteiger partial charge in [0, 0.05) is 31.5 Å². The van der Waals surface area contributed by atoms with Crippen LogP contribution in [0.15, 0.2) is 85.2 Å². The molecule has 1 aromatic heterocycles. The highest BCUT2D eigenvalue weighted by atomic mass is 16.1. The van der Waals surface area contributed by atoms with Crippen LogP contribution in [0.1, 0.15) is 63.4 Å². The quantitative estimate of drug-likeness (QED) is 0.105. The summed E-state index contributed by atoms with van der Waals surface area (Å²) in [4.78, 5) is 12.5. The minimum Gasteiger partial charge on any atom is -0.352 e. The van der Waals surface area contributed by atoms with Crippen molar-refractivity contribution >= 4 is 38.2 Å². The summed E-state index contributed by atoms with van der Waals surface area (Å²) in [6.45, 7) is 1.71. The predicted molar refractivity (Wildman–Crippen MR) is 150 cm³/mol. The van der Waals surface area contributed by atoms with Crippen molar-refractivity contribution in [2.75, 3.05) is 0 Å². The van der Waals surface area contributed by atoms with Gasteiger partial charge in [0.1, 0.15) is 6.54 Å². The van der Waals surface area contributed by atoms with Crippen LogP contribution in [0, 0.1) is 0 Å². The molecule has 0 bridgehead atoms. The maximum atomic E-state index is 12.5. The zero-order valence-corrected chi connectivity index (χ0v) is 21.2. The number of unbranched alkanes of at least 4 members (excludes halogenated alkanes) is 7. The van der Waals surface area contributed by atoms with Crippen molar-refractivity contribution in [3.05, 3.63) is 90.8 Å². The van der Waals surface area contributed by atoms with E-state index in [1.165, 1.54) is 76.4 Å². The molecule has 0 saturated heterocycles. The van der Waals surface area contributed by atoms with Gasteiger partial charge in [-0.1, -0.05) is 92.8 Å². The van der Waals surface area contributed by atoms with E-state index in [-0.39, 0.29) is 5.91 Å². The van der Waals surface area contributed by atoms with Gasteiger partial charge in [0.2, 0.25) is 5.91 Å². The summed E-state index contributed by atoms with van der Waals surface area (Å²) < 4.78 is 2.26. The maximum Gasteiger partial charge on any atom is 0.220 e. The molecule has 0 saturated carbocycles. The summed E-state index contributed by atoms with van der Waals surface area (Å²) in [5.41, 5.74) is 1.19. The summed E-state index contributed by atoms with van der Waals surface area (Å²) in [5, 5.41) is 10.9. The molecule has 3 heteroatoms. The molecule has 0 atom stereocenters. The van der Waals surface area contributed by atoms with Crippen LogP contribution in [-0.2, 0) is 17.9 Å². The van der Waals surface area contributed by atoms with E-state index in [0.29, 0.717) is 13.0 Å². The van der Waals surface area contributed by atoms with Crippen LogP contribution in [0.25, 0.3) is 32.3 Å². The Hall–Kier alpha value is -3.46. The van der Waals surface area contributed by atoms with E-state index >= 15 is 0 Å². The molecule has 0 radical (unpaired) electrons. The highest BCUT2D eigenvalue weighted by Gasteiger charge is 2.11. The van der Waals surface area contributed by atoms with Crippen LogP contribution in [0.4, 0.5) is 0 Å². The lowest BCUT2D eigenvalue weighted by molar-refractivity contribution is -0.697. The SMILES string of the molecule is O=C(CCCCCCCCCC[n+]1ccccc1)NCc1ccc2ccc3cccc4ccc1c2c34. The Morgan fingerprint density at radius 3 is 1.97 bits per heavy atom. The minimum atomic E-state index is 0.166. The van der Waals surface area contributed by atoms with Crippen molar-refractivity contribution in [3.63, 3.8) is 0 Å². The Bertz CT molecular complexity index is 1390. The van der Waals surface area contributed by atoms with Crippen molar-refractivity contribution in [2.45, 2.75) is 70.9 Å². The van der Waals surface area contributed by atoms with Crippen molar-refractivity contribution in [1.29, 1.82) is 0 Å². The van der Waals surface area contributed by atoms with Gasteiger partial charge in [-0.25, -0.2) is 4.57 Å². The lowest BCUT2D eigenvalue weighted by Gasteiger charge is -2.14. The molecule has 0 fully saturated rings. The average Bonchev–Trinajstić information content (AvgIpc) is 2.92. The Labute approximate surface area is 214 Å². The monoisotopic (exact) mass is 477 g/mol. The van der Waals surface area contributed by atoms with Gasteiger partial charge in [0.25, 0.3) is 0 Å². The molecule has 1 amide bonds. The summed E-state index contributed by atoms with van der Waals surface area (Å²) in [6.07, 6.45) is 14.7.